The van der Waals surface area contributed by atoms with Crippen LogP contribution in [0, 0.1) is 0 Å². The molecule has 1 N–H and O–H groups in total. The Morgan fingerprint density at radius 1 is 1.06 bits per heavy atom. The first kappa shape index (κ1) is 23.4. The SMILES string of the molecule is COc1ccc(C(C)(C)C)cc1CNN1CCCCC1c1cccc(OC(F)(F)F)c1. The Kier molecular flexibility index (Phi) is 7.17. The third-order valence-electron chi connectivity index (χ3n) is 5.60. The van der Waals surface area contributed by atoms with Gasteiger partial charge in [-0.05, 0) is 47.6 Å². The summed E-state index contributed by atoms with van der Waals surface area (Å²) in [5.74, 6) is 0.629. The van der Waals surface area contributed by atoms with E-state index in [9.17, 15) is 13.2 Å². The molecule has 1 heterocycles. The summed E-state index contributed by atoms with van der Waals surface area (Å²) in [5.41, 5.74) is 6.60. The Morgan fingerprint density at radius 2 is 1.84 bits per heavy atom. The monoisotopic (exact) mass is 436 g/mol. The van der Waals surface area contributed by atoms with Crippen LogP contribution in [0.1, 0.15) is 62.8 Å². The van der Waals surface area contributed by atoms with Crippen LogP contribution < -0.4 is 14.9 Å². The highest BCUT2D eigenvalue weighted by atomic mass is 19.4. The topological polar surface area (TPSA) is 33.7 Å². The second kappa shape index (κ2) is 9.49. The number of methoxy groups -OCH3 is 1. The van der Waals surface area contributed by atoms with Crippen molar-refractivity contribution in [3.05, 3.63) is 59.2 Å². The summed E-state index contributed by atoms with van der Waals surface area (Å²) in [5, 5.41) is 2.12. The zero-order valence-electron chi connectivity index (χ0n) is 18.6. The van der Waals surface area contributed by atoms with Gasteiger partial charge in [0.25, 0.3) is 0 Å². The van der Waals surface area contributed by atoms with Crippen molar-refractivity contribution in [1.29, 1.82) is 0 Å². The van der Waals surface area contributed by atoms with E-state index in [1.165, 1.54) is 17.7 Å². The van der Waals surface area contributed by atoms with E-state index in [0.29, 0.717) is 6.54 Å². The number of halogens is 3. The van der Waals surface area contributed by atoms with E-state index in [-0.39, 0.29) is 17.2 Å². The highest BCUT2D eigenvalue weighted by Gasteiger charge is 2.32. The van der Waals surface area contributed by atoms with Crippen LogP contribution in [0.25, 0.3) is 0 Å². The van der Waals surface area contributed by atoms with Crippen molar-refractivity contribution >= 4 is 0 Å². The average Bonchev–Trinajstić information content (AvgIpc) is 2.70. The number of piperidine rings is 1. The average molecular weight is 437 g/mol. The predicted octanol–water partition coefficient (Wildman–Crippen LogP) is 6.12. The van der Waals surface area contributed by atoms with Crippen LogP contribution in [0.5, 0.6) is 11.5 Å². The molecule has 0 aliphatic carbocycles. The minimum absolute atomic E-state index is 0.0214. The Bertz CT molecular complexity index is 878. The lowest BCUT2D eigenvalue weighted by Gasteiger charge is -2.36. The first-order valence-electron chi connectivity index (χ1n) is 10.6. The van der Waals surface area contributed by atoms with Crippen molar-refractivity contribution < 1.29 is 22.6 Å². The predicted molar refractivity (Wildman–Crippen MR) is 115 cm³/mol. The number of alkyl halides is 3. The lowest BCUT2D eigenvalue weighted by molar-refractivity contribution is -0.274. The van der Waals surface area contributed by atoms with E-state index in [0.717, 1.165) is 42.7 Å². The maximum absolute atomic E-state index is 12.6. The van der Waals surface area contributed by atoms with Crippen LogP contribution in [-0.4, -0.2) is 25.0 Å². The minimum atomic E-state index is -4.70. The minimum Gasteiger partial charge on any atom is -0.496 e. The Morgan fingerprint density at radius 3 is 2.52 bits per heavy atom. The van der Waals surface area contributed by atoms with Crippen LogP contribution in [0.4, 0.5) is 13.2 Å². The molecule has 1 aliphatic rings. The van der Waals surface area contributed by atoms with Crippen molar-refractivity contribution in [2.24, 2.45) is 0 Å². The van der Waals surface area contributed by atoms with Crippen molar-refractivity contribution in [3.63, 3.8) is 0 Å². The zero-order valence-corrected chi connectivity index (χ0v) is 18.6. The molecule has 1 saturated heterocycles. The molecule has 4 nitrogen and oxygen atoms in total. The van der Waals surface area contributed by atoms with E-state index < -0.39 is 6.36 Å². The van der Waals surface area contributed by atoms with Gasteiger partial charge in [0.15, 0.2) is 0 Å². The number of nitrogens with one attached hydrogen (secondary N) is 1. The Labute approximate surface area is 182 Å². The summed E-state index contributed by atoms with van der Waals surface area (Å²) in [6.45, 7) is 7.90. The molecule has 0 saturated carbocycles. The summed E-state index contributed by atoms with van der Waals surface area (Å²) in [4.78, 5) is 0. The maximum Gasteiger partial charge on any atom is 0.573 e. The van der Waals surface area contributed by atoms with Gasteiger partial charge in [-0.1, -0.05) is 51.5 Å². The molecule has 3 rings (SSSR count). The number of benzene rings is 2. The van der Waals surface area contributed by atoms with Gasteiger partial charge in [0, 0.05) is 24.7 Å². The van der Waals surface area contributed by atoms with E-state index in [1.54, 1.807) is 13.2 Å². The molecule has 0 aromatic heterocycles. The van der Waals surface area contributed by atoms with Crippen LogP contribution in [0.3, 0.4) is 0 Å². The van der Waals surface area contributed by atoms with Crippen molar-refractivity contribution in [2.75, 3.05) is 13.7 Å². The molecule has 1 atom stereocenters. The van der Waals surface area contributed by atoms with Crippen LogP contribution in [0.15, 0.2) is 42.5 Å². The molecule has 0 spiro atoms. The molecule has 2 aromatic rings. The number of hydrogen-bond acceptors (Lipinski definition) is 4. The van der Waals surface area contributed by atoms with Gasteiger partial charge in [-0.15, -0.1) is 13.2 Å². The van der Waals surface area contributed by atoms with Crippen LogP contribution in [0.2, 0.25) is 0 Å². The van der Waals surface area contributed by atoms with Gasteiger partial charge in [0.05, 0.1) is 7.11 Å². The molecule has 1 fully saturated rings. The van der Waals surface area contributed by atoms with Gasteiger partial charge in [0.1, 0.15) is 11.5 Å². The molecule has 170 valence electrons. The lowest BCUT2D eigenvalue weighted by atomic mass is 9.86. The van der Waals surface area contributed by atoms with Gasteiger partial charge in [-0.2, -0.15) is 0 Å². The van der Waals surface area contributed by atoms with Gasteiger partial charge in [-0.25, -0.2) is 5.01 Å². The summed E-state index contributed by atoms with van der Waals surface area (Å²) in [7, 11) is 1.66. The van der Waals surface area contributed by atoms with Crippen molar-refractivity contribution in [2.45, 2.75) is 64.4 Å². The fourth-order valence-electron chi connectivity index (χ4n) is 3.96. The molecule has 1 aliphatic heterocycles. The standard InChI is InChI=1S/C24H31F3N2O2/c1-23(2,3)19-11-12-22(30-4)18(14-19)16-28-29-13-6-5-10-21(29)17-8-7-9-20(15-17)31-24(25,26)27/h7-9,11-12,14-15,21,28H,5-6,10,13,16H2,1-4H3. The van der Waals surface area contributed by atoms with Gasteiger partial charge < -0.3 is 9.47 Å². The Hall–Kier alpha value is -2.25. The molecular weight excluding hydrogens is 405 g/mol. The molecular formula is C24H31F3N2O2. The number of nitrogens with zero attached hydrogens (tertiary/aromatic N) is 1. The second-order valence-corrected chi connectivity index (χ2v) is 8.94. The zero-order chi connectivity index (χ0) is 22.6. The molecule has 31 heavy (non-hydrogen) atoms. The molecule has 7 heteroatoms. The van der Waals surface area contributed by atoms with E-state index >= 15 is 0 Å². The summed E-state index contributed by atoms with van der Waals surface area (Å²) in [6, 6.07) is 12.5. The molecule has 0 bridgehead atoms. The number of ether oxygens (including phenoxy) is 2. The largest absolute Gasteiger partial charge is 0.573 e. The summed E-state index contributed by atoms with van der Waals surface area (Å²) >= 11 is 0. The molecule has 1 unspecified atom stereocenters. The van der Waals surface area contributed by atoms with Crippen molar-refractivity contribution in [1.82, 2.24) is 10.4 Å². The van der Waals surface area contributed by atoms with E-state index in [4.69, 9.17) is 4.74 Å². The number of hydrazine groups is 1. The Balaban J connectivity index is 1.78. The van der Waals surface area contributed by atoms with Crippen LogP contribution >= 0.6 is 0 Å². The number of hydrogen-bond donors (Lipinski definition) is 1. The van der Waals surface area contributed by atoms with E-state index in [1.807, 2.05) is 12.1 Å². The lowest BCUT2D eigenvalue weighted by Crippen LogP contribution is -2.43. The fourth-order valence-corrected chi connectivity index (χ4v) is 3.96. The first-order valence-corrected chi connectivity index (χ1v) is 10.6. The molecule has 0 radical (unpaired) electrons. The van der Waals surface area contributed by atoms with Crippen molar-refractivity contribution in [3.8, 4) is 11.5 Å². The van der Waals surface area contributed by atoms with Gasteiger partial charge in [0.2, 0.25) is 0 Å². The molecule has 0 amide bonds. The third-order valence-corrected chi connectivity index (χ3v) is 5.60. The smallest absolute Gasteiger partial charge is 0.496 e. The summed E-state index contributed by atoms with van der Waals surface area (Å²) in [6.07, 6.45) is -1.78. The third kappa shape index (κ3) is 6.37. The van der Waals surface area contributed by atoms with Crippen LogP contribution in [-0.2, 0) is 12.0 Å². The molecule has 2 aromatic carbocycles. The highest BCUT2D eigenvalue weighted by Crippen LogP contribution is 2.33. The summed E-state index contributed by atoms with van der Waals surface area (Å²) < 4.78 is 47.6. The van der Waals surface area contributed by atoms with Gasteiger partial charge >= 0.3 is 6.36 Å². The van der Waals surface area contributed by atoms with Gasteiger partial charge in [-0.3, -0.25) is 5.43 Å². The van der Waals surface area contributed by atoms with E-state index in [2.05, 4.69) is 48.1 Å². The maximum atomic E-state index is 12.6. The highest BCUT2D eigenvalue weighted by molar-refractivity contribution is 5.39. The normalized spacial score (nSPS) is 18.1. The fraction of sp³-hybridized carbons (Fsp3) is 0.500. The quantitative estimate of drug-likeness (QED) is 0.591. The number of rotatable bonds is 6. The first-order chi connectivity index (χ1) is 14.6. The second-order valence-electron chi connectivity index (χ2n) is 8.94.